The molecule has 1 spiro atoms. The third-order valence-corrected chi connectivity index (χ3v) is 5.78. The van der Waals surface area contributed by atoms with E-state index in [1.54, 1.807) is 6.33 Å². The third kappa shape index (κ3) is 2.72. The number of likely N-dealkylation sites (N-methyl/N-ethyl adjacent to an activating group) is 1. The molecule has 24 heavy (non-hydrogen) atoms. The van der Waals surface area contributed by atoms with Gasteiger partial charge in [-0.1, -0.05) is 12.8 Å². The maximum Gasteiger partial charge on any atom is 0.242 e. The number of aromatic nitrogens is 4. The van der Waals surface area contributed by atoms with Gasteiger partial charge < -0.3 is 14.8 Å². The molecule has 1 saturated carbocycles. The van der Waals surface area contributed by atoms with Crippen LogP contribution in [0, 0.1) is 5.41 Å². The summed E-state index contributed by atoms with van der Waals surface area (Å²) in [5, 5.41) is 0. The van der Waals surface area contributed by atoms with Crippen LogP contribution >= 0.6 is 0 Å². The molecule has 1 amide bonds. The zero-order valence-corrected chi connectivity index (χ0v) is 14.2. The van der Waals surface area contributed by atoms with Crippen molar-refractivity contribution in [3.8, 4) is 0 Å². The second kappa shape index (κ2) is 6.03. The summed E-state index contributed by atoms with van der Waals surface area (Å²) < 4.78 is 0. The molecule has 1 aliphatic heterocycles. The second-order valence-electron chi connectivity index (χ2n) is 7.24. The lowest BCUT2D eigenvalue weighted by Crippen LogP contribution is -2.46. The smallest absolute Gasteiger partial charge is 0.242 e. The Labute approximate surface area is 141 Å². The minimum atomic E-state index is 0.177. The van der Waals surface area contributed by atoms with Gasteiger partial charge in [-0.3, -0.25) is 4.79 Å². The van der Waals surface area contributed by atoms with Crippen LogP contribution in [-0.4, -0.2) is 57.4 Å². The topological polar surface area (TPSA) is 78.0 Å². The Morgan fingerprint density at radius 3 is 2.71 bits per heavy atom. The molecule has 0 radical (unpaired) electrons. The molecular weight excluding hydrogens is 304 g/mol. The molecule has 128 valence electrons. The molecule has 7 nitrogen and oxygen atoms in total. The number of amides is 1. The number of anilines is 1. The zero-order valence-electron chi connectivity index (χ0n) is 14.2. The second-order valence-corrected chi connectivity index (χ2v) is 7.24. The van der Waals surface area contributed by atoms with E-state index in [4.69, 9.17) is 0 Å². The van der Waals surface area contributed by atoms with Crippen molar-refractivity contribution in [1.29, 1.82) is 0 Å². The summed E-state index contributed by atoms with van der Waals surface area (Å²) >= 11 is 0. The van der Waals surface area contributed by atoms with Crippen LogP contribution in [-0.2, 0) is 4.79 Å². The number of carbonyl (C=O) groups excluding carboxylic acids is 1. The van der Waals surface area contributed by atoms with Crippen LogP contribution in [0.1, 0.15) is 38.5 Å². The van der Waals surface area contributed by atoms with Gasteiger partial charge >= 0.3 is 0 Å². The number of H-pyrrole nitrogens is 1. The van der Waals surface area contributed by atoms with Gasteiger partial charge in [0.05, 0.1) is 12.9 Å². The summed E-state index contributed by atoms with van der Waals surface area (Å²) in [7, 11) is 1.89. The number of nitrogens with zero attached hydrogens (tertiary/aromatic N) is 5. The Hall–Kier alpha value is -2.18. The first kappa shape index (κ1) is 15.4. The average molecular weight is 328 g/mol. The minimum Gasteiger partial charge on any atom is -0.348 e. The first-order chi connectivity index (χ1) is 11.7. The van der Waals surface area contributed by atoms with Crippen LogP contribution in [0.5, 0.6) is 0 Å². The van der Waals surface area contributed by atoms with E-state index in [2.05, 4.69) is 19.9 Å². The van der Waals surface area contributed by atoms with Crippen LogP contribution in [0.2, 0.25) is 0 Å². The molecule has 1 saturated heterocycles. The van der Waals surface area contributed by atoms with Crippen LogP contribution in [0.4, 0.5) is 5.82 Å². The highest BCUT2D eigenvalue weighted by Gasteiger charge is 2.38. The summed E-state index contributed by atoms with van der Waals surface area (Å²) in [6.45, 7) is 2.13. The number of rotatable bonds is 3. The van der Waals surface area contributed by atoms with Crippen LogP contribution in [0.25, 0.3) is 11.2 Å². The molecule has 0 unspecified atom stereocenters. The fourth-order valence-corrected chi connectivity index (χ4v) is 4.27. The quantitative estimate of drug-likeness (QED) is 0.932. The normalized spacial score (nSPS) is 20.0. The largest absolute Gasteiger partial charge is 0.348 e. The van der Waals surface area contributed by atoms with Crippen molar-refractivity contribution in [2.24, 2.45) is 5.41 Å². The van der Waals surface area contributed by atoms with Gasteiger partial charge in [0, 0.05) is 20.1 Å². The van der Waals surface area contributed by atoms with Crippen LogP contribution < -0.4 is 4.90 Å². The number of hydrogen-bond donors (Lipinski definition) is 1. The van der Waals surface area contributed by atoms with Crippen molar-refractivity contribution in [2.75, 3.05) is 31.6 Å². The highest BCUT2D eigenvalue weighted by molar-refractivity contribution is 5.87. The van der Waals surface area contributed by atoms with E-state index < -0.39 is 0 Å². The molecule has 2 aromatic rings. The van der Waals surface area contributed by atoms with Crippen molar-refractivity contribution >= 4 is 22.9 Å². The Morgan fingerprint density at radius 1 is 1.21 bits per heavy atom. The van der Waals surface area contributed by atoms with Gasteiger partial charge in [-0.2, -0.15) is 0 Å². The van der Waals surface area contributed by atoms with E-state index >= 15 is 0 Å². The summed E-state index contributed by atoms with van der Waals surface area (Å²) in [6, 6.07) is 0. The molecule has 1 aliphatic carbocycles. The van der Waals surface area contributed by atoms with E-state index in [1.165, 1.54) is 44.9 Å². The molecule has 2 fully saturated rings. The standard InChI is InChI=1S/C17H24N6O/c1-22(16-14-15(19-11-18-14)20-12-21-16)10-13(24)23-8-6-17(7-9-23)4-2-3-5-17/h11-12H,2-10H2,1H3,(H,18,19,20,21). The number of imidazole rings is 1. The fraction of sp³-hybridized carbons (Fsp3) is 0.647. The molecule has 7 heteroatoms. The number of nitrogens with one attached hydrogen (secondary N) is 1. The van der Waals surface area contributed by atoms with Crippen molar-refractivity contribution < 1.29 is 4.79 Å². The van der Waals surface area contributed by atoms with Gasteiger partial charge in [-0.25, -0.2) is 15.0 Å². The maximum absolute atomic E-state index is 12.7. The summed E-state index contributed by atoms with van der Waals surface area (Å²) in [5.41, 5.74) is 1.94. The predicted molar refractivity (Wildman–Crippen MR) is 91.7 cm³/mol. The lowest BCUT2D eigenvalue weighted by atomic mass is 9.77. The predicted octanol–water partition coefficient (Wildman–Crippen LogP) is 1.97. The molecule has 0 aromatic carbocycles. The van der Waals surface area contributed by atoms with E-state index in [0.717, 1.165) is 24.4 Å². The SMILES string of the molecule is CN(CC(=O)N1CCC2(CCCC2)CC1)c1ncnc2nc[nH]c12. The molecule has 1 N–H and O–H groups in total. The monoisotopic (exact) mass is 328 g/mol. The summed E-state index contributed by atoms with van der Waals surface area (Å²) in [6.07, 6.45) is 10.9. The average Bonchev–Trinajstić information content (AvgIpc) is 3.24. The third-order valence-electron chi connectivity index (χ3n) is 5.78. The fourth-order valence-electron chi connectivity index (χ4n) is 4.27. The van der Waals surface area contributed by atoms with Crippen molar-refractivity contribution in [3.63, 3.8) is 0 Å². The van der Waals surface area contributed by atoms with E-state index in [0.29, 0.717) is 17.6 Å². The van der Waals surface area contributed by atoms with Gasteiger partial charge in [0.1, 0.15) is 11.8 Å². The number of likely N-dealkylation sites (tertiary alicyclic amines) is 1. The lowest BCUT2D eigenvalue weighted by Gasteiger charge is -2.39. The van der Waals surface area contributed by atoms with E-state index in [1.807, 2.05) is 16.8 Å². The molecule has 3 heterocycles. The summed E-state index contributed by atoms with van der Waals surface area (Å²) in [5.74, 6) is 0.895. The first-order valence-corrected chi connectivity index (χ1v) is 8.80. The number of fused-ring (bicyclic) bond motifs is 1. The lowest BCUT2D eigenvalue weighted by molar-refractivity contribution is -0.131. The highest BCUT2D eigenvalue weighted by atomic mass is 16.2. The first-order valence-electron chi connectivity index (χ1n) is 8.80. The number of carbonyl (C=O) groups is 1. The van der Waals surface area contributed by atoms with Gasteiger partial charge in [-0.15, -0.1) is 0 Å². The van der Waals surface area contributed by atoms with Crippen molar-refractivity contribution in [2.45, 2.75) is 38.5 Å². The van der Waals surface area contributed by atoms with Gasteiger partial charge in [0.15, 0.2) is 11.5 Å². The highest BCUT2D eigenvalue weighted by Crippen LogP contribution is 2.46. The molecular formula is C17H24N6O. The van der Waals surface area contributed by atoms with Crippen LogP contribution in [0.3, 0.4) is 0 Å². The Kier molecular flexibility index (Phi) is 3.86. The summed E-state index contributed by atoms with van der Waals surface area (Å²) in [4.78, 5) is 32.2. The molecule has 2 aliphatic rings. The molecule has 2 aromatic heterocycles. The minimum absolute atomic E-state index is 0.177. The maximum atomic E-state index is 12.7. The zero-order chi connectivity index (χ0) is 16.6. The Morgan fingerprint density at radius 2 is 1.96 bits per heavy atom. The van der Waals surface area contributed by atoms with E-state index in [-0.39, 0.29) is 5.91 Å². The van der Waals surface area contributed by atoms with Gasteiger partial charge in [0.2, 0.25) is 5.91 Å². The molecule has 0 atom stereocenters. The van der Waals surface area contributed by atoms with E-state index in [9.17, 15) is 4.79 Å². The van der Waals surface area contributed by atoms with Crippen molar-refractivity contribution in [3.05, 3.63) is 12.7 Å². The van der Waals surface area contributed by atoms with Gasteiger partial charge in [0.25, 0.3) is 0 Å². The number of piperidine rings is 1. The molecule has 0 bridgehead atoms. The Balaban J connectivity index is 1.40. The van der Waals surface area contributed by atoms with Gasteiger partial charge in [-0.05, 0) is 31.1 Å². The number of aromatic amines is 1. The molecule has 4 rings (SSSR count). The number of hydrogen-bond acceptors (Lipinski definition) is 5. The van der Waals surface area contributed by atoms with Crippen molar-refractivity contribution in [1.82, 2.24) is 24.8 Å². The Bertz CT molecular complexity index is 726. The van der Waals surface area contributed by atoms with Crippen LogP contribution in [0.15, 0.2) is 12.7 Å².